The van der Waals surface area contributed by atoms with Gasteiger partial charge >= 0.3 is 0 Å². The Hall–Kier alpha value is -6.82. The van der Waals surface area contributed by atoms with Gasteiger partial charge in [0.15, 0.2) is 17.5 Å². The number of para-hydroxylation sites is 2. The van der Waals surface area contributed by atoms with Crippen molar-refractivity contribution in [2.24, 2.45) is 0 Å². The SMILES string of the molecule is c1ccc(-c2nc(-c3ccccc3)nc(-c3cccc4c3Sc3ccc(-c5ccc(N(c6ccccc6)c6ccccc6)cc5)c5cccc-4c35)n2)cc1. The number of nitrogens with zero attached hydrogens (tertiary/aromatic N) is 4. The van der Waals surface area contributed by atoms with Crippen LogP contribution in [0.5, 0.6) is 0 Å². The van der Waals surface area contributed by atoms with Crippen LogP contribution in [0.2, 0.25) is 0 Å². The first-order valence-electron chi connectivity index (χ1n) is 18.0. The summed E-state index contributed by atoms with van der Waals surface area (Å²) >= 11 is 1.80. The van der Waals surface area contributed by atoms with E-state index in [1.807, 2.05) is 60.7 Å². The molecular weight excluding hydrogens is 677 g/mol. The molecule has 0 unspecified atom stereocenters. The highest BCUT2D eigenvalue weighted by molar-refractivity contribution is 8.00. The summed E-state index contributed by atoms with van der Waals surface area (Å²) in [6.45, 7) is 0. The molecule has 0 spiro atoms. The third-order valence-corrected chi connectivity index (χ3v) is 11.1. The van der Waals surface area contributed by atoms with Crippen molar-refractivity contribution < 1.29 is 0 Å². The van der Waals surface area contributed by atoms with Gasteiger partial charge in [-0.05, 0) is 76.2 Å². The smallest absolute Gasteiger partial charge is 0.165 e. The third kappa shape index (κ3) is 5.72. The molecule has 1 aliphatic rings. The minimum atomic E-state index is 0.659. The van der Waals surface area contributed by atoms with Gasteiger partial charge in [0.25, 0.3) is 0 Å². The quantitative estimate of drug-likeness (QED) is 0.165. The fourth-order valence-electron chi connectivity index (χ4n) is 7.40. The Bertz CT molecular complexity index is 2680. The van der Waals surface area contributed by atoms with Crippen LogP contribution in [-0.2, 0) is 0 Å². The number of anilines is 3. The van der Waals surface area contributed by atoms with Gasteiger partial charge in [0.05, 0.1) is 0 Å². The van der Waals surface area contributed by atoms with Gasteiger partial charge in [0, 0.05) is 48.9 Å². The van der Waals surface area contributed by atoms with E-state index in [1.165, 1.54) is 37.9 Å². The number of fused-ring (bicyclic) bond motifs is 2. The van der Waals surface area contributed by atoms with Gasteiger partial charge in [-0.2, -0.15) is 0 Å². The highest BCUT2D eigenvalue weighted by atomic mass is 32.2. The van der Waals surface area contributed by atoms with E-state index in [2.05, 4.69) is 138 Å². The van der Waals surface area contributed by atoms with E-state index >= 15 is 0 Å². The average molecular weight is 709 g/mol. The molecule has 254 valence electrons. The number of rotatable bonds is 7. The Kier molecular flexibility index (Phi) is 8.04. The fourth-order valence-corrected chi connectivity index (χ4v) is 8.64. The molecule has 2 heterocycles. The van der Waals surface area contributed by atoms with E-state index in [0.717, 1.165) is 38.6 Å². The van der Waals surface area contributed by atoms with Crippen LogP contribution < -0.4 is 4.90 Å². The summed E-state index contributed by atoms with van der Waals surface area (Å²) in [5.74, 6) is 1.98. The lowest BCUT2D eigenvalue weighted by molar-refractivity contribution is 1.07. The first-order valence-corrected chi connectivity index (χ1v) is 18.9. The first-order chi connectivity index (χ1) is 26.8. The second-order valence-electron chi connectivity index (χ2n) is 13.2. The molecule has 0 aliphatic carbocycles. The second kappa shape index (κ2) is 13.6. The van der Waals surface area contributed by atoms with Gasteiger partial charge in [-0.25, -0.2) is 15.0 Å². The highest BCUT2D eigenvalue weighted by Gasteiger charge is 2.25. The molecule has 0 N–H and O–H groups in total. The van der Waals surface area contributed by atoms with Gasteiger partial charge in [-0.3, -0.25) is 0 Å². The van der Waals surface area contributed by atoms with Crippen molar-refractivity contribution >= 4 is 39.6 Å². The van der Waals surface area contributed by atoms with Gasteiger partial charge in [0.2, 0.25) is 0 Å². The van der Waals surface area contributed by atoms with E-state index in [0.29, 0.717) is 17.5 Å². The zero-order valence-corrected chi connectivity index (χ0v) is 30.0. The van der Waals surface area contributed by atoms with E-state index in [4.69, 9.17) is 15.0 Å². The van der Waals surface area contributed by atoms with E-state index in [9.17, 15) is 0 Å². The Balaban J connectivity index is 1.07. The highest BCUT2D eigenvalue weighted by Crippen LogP contribution is 2.52. The lowest BCUT2D eigenvalue weighted by Crippen LogP contribution is -2.09. The molecule has 8 aromatic carbocycles. The summed E-state index contributed by atoms with van der Waals surface area (Å²) in [5, 5.41) is 2.51. The van der Waals surface area contributed by atoms with Crippen molar-refractivity contribution in [2.45, 2.75) is 9.79 Å². The monoisotopic (exact) mass is 708 g/mol. The maximum atomic E-state index is 5.09. The summed E-state index contributed by atoms with van der Waals surface area (Å²) in [6, 6.07) is 68.0. The molecule has 0 fully saturated rings. The molecule has 0 radical (unpaired) electrons. The number of hydrogen-bond donors (Lipinski definition) is 0. The molecule has 10 rings (SSSR count). The van der Waals surface area contributed by atoms with Crippen LogP contribution in [-0.4, -0.2) is 15.0 Å². The second-order valence-corrected chi connectivity index (χ2v) is 14.3. The summed E-state index contributed by atoms with van der Waals surface area (Å²) in [6.07, 6.45) is 0. The molecule has 9 aromatic rings. The van der Waals surface area contributed by atoms with Crippen molar-refractivity contribution in [3.05, 3.63) is 194 Å². The predicted octanol–water partition coefficient (Wildman–Crippen LogP) is 13.3. The normalized spacial score (nSPS) is 11.6. The van der Waals surface area contributed by atoms with Gasteiger partial charge in [0.1, 0.15) is 0 Å². The standard InChI is InChI=1S/C49H32N4S/c1-5-15-34(16-6-1)47-50-48(35-17-7-2-8-18-35)52-49(51-47)43-26-14-25-42-41-24-13-23-40-39(31-32-44(45(40)41)54-46(42)43)33-27-29-38(30-28-33)53(36-19-9-3-10-20-36)37-21-11-4-12-22-37/h1-32H. The van der Waals surface area contributed by atoms with Gasteiger partial charge in [-0.15, -0.1) is 0 Å². The van der Waals surface area contributed by atoms with Crippen LogP contribution in [0.15, 0.2) is 204 Å². The fraction of sp³-hybridized carbons (Fsp3) is 0. The molecule has 0 saturated carbocycles. The lowest BCUT2D eigenvalue weighted by atomic mass is 9.91. The van der Waals surface area contributed by atoms with Crippen LogP contribution in [0.3, 0.4) is 0 Å². The Morgan fingerprint density at radius 3 is 1.44 bits per heavy atom. The summed E-state index contributed by atoms with van der Waals surface area (Å²) in [4.78, 5) is 19.8. The molecule has 1 aliphatic heterocycles. The molecule has 4 nitrogen and oxygen atoms in total. The number of benzene rings is 8. The first kappa shape index (κ1) is 31.9. The van der Waals surface area contributed by atoms with E-state index < -0.39 is 0 Å². The number of aromatic nitrogens is 3. The molecule has 5 heteroatoms. The average Bonchev–Trinajstić information content (AvgIpc) is 3.25. The summed E-state index contributed by atoms with van der Waals surface area (Å²) in [7, 11) is 0. The topological polar surface area (TPSA) is 41.9 Å². The Morgan fingerprint density at radius 1 is 0.333 bits per heavy atom. The van der Waals surface area contributed by atoms with Crippen molar-refractivity contribution in [1.82, 2.24) is 15.0 Å². The van der Waals surface area contributed by atoms with E-state index in [-0.39, 0.29) is 0 Å². The molecule has 0 saturated heterocycles. The predicted molar refractivity (Wildman–Crippen MR) is 223 cm³/mol. The van der Waals surface area contributed by atoms with Gasteiger partial charge in [-0.1, -0.05) is 157 Å². The maximum Gasteiger partial charge on any atom is 0.165 e. The van der Waals surface area contributed by atoms with Crippen molar-refractivity contribution in [2.75, 3.05) is 4.90 Å². The largest absolute Gasteiger partial charge is 0.311 e. The van der Waals surface area contributed by atoms with Gasteiger partial charge < -0.3 is 4.90 Å². The minimum Gasteiger partial charge on any atom is -0.311 e. The van der Waals surface area contributed by atoms with E-state index in [1.54, 1.807) is 11.8 Å². The number of hydrogen-bond acceptors (Lipinski definition) is 5. The summed E-state index contributed by atoms with van der Waals surface area (Å²) in [5.41, 5.74) is 11.1. The zero-order valence-electron chi connectivity index (χ0n) is 29.2. The van der Waals surface area contributed by atoms with Crippen LogP contribution in [0.1, 0.15) is 0 Å². The lowest BCUT2D eigenvalue weighted by Gasteiger charge is -2.26. The van der Waals surface area contributed by atoms with Crippen molar-refractivity contribution in [3.8, 4) is 56.4 Å². The maximum absolute atomic E-state index is 5.09. The van der Waals surface area contributed by atoms with Crippen LogP contribution in [0.25, 0.3) is 67.2 Å². The summed E-state index contributed by atoms with van der Waals surface area (Å²) < 4.78 is 0. The molecular formula is C49H32N4S. The molecule has 0 amide bonds. The van der Waals surface area contributed by atoms with Crippen LogP contribution in [0.4, 0.5) is 17.1 Å². The van der Waals surface area contributed by atoms with Crippen LogP contribution >= 0.6 is 11.8 Å². The molecule has 54 heavy (non-hydrogen) atoms. The van der Waals surface area contributed by atoms with Crippen molar-refractivity contribution in [1.29, 1.82) is 0 Å². The zero-order chi connectivity index (χ0) is 35.8. The van der Waals surface area contributed by atoms with Crippen LogP contribution in [0, 0.1) is 0 Å². The Morgan fingerprint density at radius 2 is 0.833 bits per heavy atom. The molecule has 0 bridgehead atoms. The minimum absolute atomic E-state index is 0.659. The third-order valence-electron chi connectivity index (χ3n) is 9.93. The van der Waals surface area contributed by atoms with Crippen molar-refractivity contribution in [3.63, 3.8) is 0 Å². The molecule has 0 atom stereocenters. The Labute approximate surface area is 318 Å². The molecule has 1 aromatic heterocycles.